The third kappa shape index (κ3) is 2.13. The van der Waals surface area contributed by atoms with E-state index >= 15 is 0 Å². The first kappa shape index (κ1) is 12.7. The highest BCUT2D eigenvalue weighted by atomic mass is 19.4. The normalized spacial score (nSPS) is 26.8. The van der Waals surface area contributed by atoms with Gasteiger partial charge in [-0.1, -0.05) is 12.1 Å². The molecule has 7 heteroatoms. The summed E-state index contributed by atoms with van der Waals surface area (Å²) in [6.45, 7) is 0. The molecule has 4 nitrogen and oxygen atoms in total. The lowest BCUT2D eigenvalue weighted by atomic mass is 9.94. The van der Waals surface area contributed by atoms with Crippen molar-refractivity contribution in [3.63, 3.8) is 0 Å². The average molecular weight is 260 g/mol. The lowest BCUT2D eigenvalue weighted by Crippen LogP contribution is -2.31. The molecule has 1 aromatic carbocycles. The Kier molecular flexibility index (Phi) is 2.73. The van der Waals surface area contributed by atoms with Gasteiger partial charge in [-0.05, 0) is 24.1 Å². The molecule has 0 aromatic heterocycles. The average Bonchev–Trinajstić information content (AvgIpc) is 2.90. The van der Waals surface area contributed by atoms with Crippen molar-refractivity contribution in [3.8, 4) is 5.75 Å². The highest BCUT2D eigenvalue weighted by Gasteiger charge is 2.57. The van der Waals surface area contributed by atoms with Crippen LogP contribution in [0, 0.1) is 5.41 Å². The molecule has 4 N–H and O–H groups in total. The van der Waals surface area contributed by atoms with Crippen molar-refractivity contribution in [2.24, 2.45) is 5.73 Å². The number of hydrogen-bond donors (Lipinski definition) is 3. The van der Waals surface area contributed by atoms with Gasteiger partial charge in [0.05, 0.1) is 11.5 Å². The van der Waals surface area contributed by atoms with Crippen LogP contribution in [0.3, 0.4) is 0 Å². The number of nitrogens with one attached hydrogen (secondary N) is 1. The van der Waals surface area contributed by atoms with Crippen molar-refractivity contribution in [1.82, 2.24) is 0 Å². The molecule has 2 unspecified atom stereocenters. The summed E-state index contributed by atoms with van der Waals surface area (Å²) >= 11 is 0. The standard InChI is InChI=1S/C11H11F3N2O2/c12-11(13,14)18-7-3-1-6(2-4-7)10(9(15)16)5-8(10)17/h1-4,8,17H,5H2,(H3,15,16). The first-order chi connectivity index (χ1) is 8.25. The van der Waals surface area contributed by atoms with E-state index in [1.807, 2.05) is 0 Å². The second-order valence-electron chi connectivity index (χ2n) is 4.18. The van der Waals surface area contributed by atoms with Crippen LogP contribution in [0.1, 0.15) is 12.0 Å². The zero-order valence-electron chi connectivity index (χ0n) is 9.16. The minimum absolute atomic E-state index is 0.195. The zero-order valence-corrected chi connectivity index (χ0v) is 9.16. The smallest absolute Gasteiger partial charge is 0.406 e. The summed E-state index contributed by atoms with van der Waals surface area (Å²) in [5.41, 5.74) is 4.97. The van der Waals surface area contributed by atoms with E-state index in [1.54, 1.807) is 0 Å². The highest BCUT2D eigenvalue weighted by Crippen LogP contribution is 2.48. The maximum Gasteiger partial charge on any atom is 0.573 e. The first-order valence-corrected chi connectivity index (χ1v) is 5.14. The lowest BCUT2D eigenvalue weighted by Gasteiger charge is -2.15. The summed E-state index contributed by atoms with van der Waals surface area (Å²) in [5.74, 6) is -0.542. The van der Waals surface area contributed by atoms with Gasteiger partial charge in [-0.3, -0.25) is 5.41 Å². The van der Waals surface area contributed by atoms with E-state index in [2.05, 4.69) is 4.74 Å². The van der Waals surface area contributed by atoms with Crippen molar-refractivity contribution in [2.75, 3.05) is 0 Å². The highest BCUT2D eigenvalue weighted by molar-refractivity contribution is 5.93. The monoisotopic (exact) mass is 260 g/mol. The zero-order chi connectivity index (χ0) is 13.6. The van der Waals surface area contributed by atoms with E-state index in [0.717, 1.165) is 12.1 Å². The van der Waals surface area contributed by atoms with Crippen LogP contribution in [0.5, 0.6) is 5.75 Å². The molecular formula is C11H11F3N2O2. The molecule has 1 aliphatic carbocycles. The molecule has 1 saturated carbocycles. The molecule has 0 amide bonds. The van der Waals surface area contributed by atoms with E-state index in [9.17, 15) is 18.3 Å². The summed E-state index contributed by atoms with van der Waals surface area (Å²) < 4.78 is 39.6. The number of nitrogens with two attached hydrogens (primary N) is 1. The Hall–Kier alpha value is -1.76. The number of halogens is 3. The Bertz CT molecular complexity index is 472. The number of aliphatic hydroxyl groups is 1. The Morgan fingerprint density at radius 2 is 1.89 bits per heavy atom. The van der Waals surface area contributed by atoms with Gasteiger partial charge in [-0.15, -0.1) is 13.2 Å². The number of benzene rings is 1. The molecule has 1 aliphatic rings. The quantitative estimate of drug-likeness (QED) is 0.569. The molecule has 18 heavy (non-hydrogen) atoms. The maximum absolute atomic E-state index is 12.0. The number of hydrogen-bond acceptors (Lipinski definition) is 3. The fourth-order valence-electron chi connectivity index (χ4n) is 1.96. The van der Waals surface area contributed by atoms with E-state index in [1.165, 1.54) is 12.1 Å². The summed E-state index contributed by atoms with van der Waals surface area (Å²) in [5, 5.41) is 17.0. The number of ether oxygens (including phenoxy) is 1. The van der Waals surface area contributed by atoms with Crippen LogP contribution in [0.25, 0.3) is 0 Å². The van der Waals surface area contributed by atoms with Gasteiger partial charge < -0.3 is 15.6 Å². The van der Waals surface area contributed by atoms with Gasteiger partial charge in [-0.2, -0.15) is 0 Å². The van der Waals surface area contributed by atoms with E-state index < -0.39 is 17.9 Å². The summed E-state index contributed by atoms with van der Waals surface area (Å²) in [4.78, 5) is 0. The molecule has 2 atom stereocenters. The molecule has 0 aliphatic heterocycles. The minimum Gasteiger partial charge on any atom is -0.406 e. The third-order valence-electron chi connectivity index (χ3n) is 3.01. The number of aliphatic hydroxyl groups excluding tert-OH is 1. The molecule has 98 valence electrons. The van der Waals surface area contributed by atoms with Crippen LogP contribution in [-0.2, 0) is 5.41 Å². The summed E-state index contributed by atoms with van der Waals surface area (Å²) in [6, 6.07) is 5.02. The van der Waals surface area contributed by atoms with Crippen LogP contribution >= 0.6 is 0 Å². The first-order valence-electron chi connectivity index (χ1n) is 5.14. The van der Waals surface area contributed by atoms with Crippen molar-refractivity contribution in [1.29, 1.82) is 5.41 Å². The fourth-order valence-corrected chi connectivity index (χ4v) is 1.96. The Labute approximate surface area is 101 Å². The topological polar surface area (TPSA) is 79.3 Å². The van der Waals surface area contributed by atoms with E-state index in [-0.39, 0.29) is 11.6 Å². The van der Waals surface area contributed by atoms with Gasteiger partial charge in [0, 0.05) is 0 Å². The summed E-state index contributed by atoms with van der Waals surface area (Å²) in [6.07, 6.45) is -5.19. The van der Waals surface area contributed by atoms with Crippen molar-refractivity contribution < 1.29 is 23.0 Å². The van der Waals surface area contributed by atoms with Crippen LogP contribution in [-0.4, -0.2) is 23.4 Å². The van der Waals surface area contributed by atoms with Gasteiger partial charge in [0.1, 0.15) is 11.6 Å². The number of rotatable bonds is 3. The van der Waals surface area contributed by atoms with Crippen molar-refractivity contribution >= 4 is 5.84 Å². The van der Waals surface area contributed by atoms with Gasteiger partial charge >= 0.3 is 6.36 Å². The molecule has 0 spiro atoms. The minimum atomic E-state index is -4.74. The number of alkyl halides is 3. The molecule has 0 radical (unpaired) electrons. The molecule has 1 aromatic rings. The van der Waals surface area contributed by atoms with Crippen LogP contribution in [0.4, 0.5) is 13.2 Å². The van der Waals surface area contributed by atoms with Crippen LogP contribution in [0.2, 0.25) is 0 Å². The van der Waals surface area contributed by atoms with Gasteiger partial charge in [0.25, 0.3) is 0 Å². The van der Waals surface area contributed by atoms with E-state index in [4.69, 9.17) is 11.1 Å². The van der Waals surface area contributed by atoms with Crippen molar-refractivity contribution in [2.45, 2.75) is 24.3 Å². The third-order valence-corrected chi connectivity index (χ3v) is 3.01. The van der Waals surface area contributed by atoms with E-state index in [0.29, 0.717) is 12.0 Å². The largest absolute Gasteiger partial charge is 0.573 e. The predicted octanol–water partition coefficient (Wildman–Crippen LogP) is 1.52. The Balaban J connectivity index is 2.21. The van der Waals surface area contributed by atoms with Gasteiger partial charge in [0.2, 0.25) is 0 Å². The lowest BCUT2D eigenvalue weighted by molar-refractivity contribution is -0.274. The van der Waals surface area contributed by atoms with Crippen molar-refractivity contribution in [3.05, 3.63) is 29.8 Å². The second-order valence-corrected chi connectivity index (χ2v) is 4.18. The van der Waals surface area contributed by atoms with Gasteiger partial charge in [0.15, 0.2) is 0 Å². The molecule has 0 saturated heterocycles. The number of amidine groups is 1. The molecule has 0 bridgehead atoms. The Morgan fingerprint density at radius 1 is 1.39 bits per heavy atom. The fraction of sp³-hybridized carbons (Fsp3) is 0.364. The summed E-state index contributed by atoms with van der Waals surface area (Å²) in [7, 11) is 0. The van der Waals surface area contributed by atoms with Crippen LogP contribution < -0.4 is 10.5 Å². The molecular weight excluding hydrogens is 249 g/mol. The van der Waals surface area contributed by atoms with Gasteiger partial charge in [-0.25, -0.2) is 0 Å². The second kappa shape index (κ2) is 3.88. The molecule has 0 heterocycles. The van der Waals surface area contributed by atoms with Crippen LogP contribution in [0.15, 0.2) is 24.3 Å². The molecule has 1 fully saturated rings. The SMILES string of the molecule is N=C(N)C1(c2ccc(OC(F)(F)F)cc2)CC1O. The predicted molar refractivity (Wildman–Crippen MR) is 57.3 cm³/mol. The molecule has 2 rings (SSSR count). The maximum atomic E-state index is 12.0. The Morgan fingerprint density at radius 3 is 2.22 bits per heavy atom.